The highest BCUT2D eigenvalue weighted by molar-refractivity contribution is 5.98. The van der Waals surface area contributed by atoms with Crippen LogP contribution >= 0.6 is 0 Å². The van der Waals surface area contributed by atoms with Crippen molar-refractivity contribution >= 4 is 21.5 Å². The van der Waals surface area contributed by atoms with E-state index in [9.17, 15) is 4.79 Å². The van der Waals surface area contributed by atoms with E-state index in [0.717, 1.165) is 34.7 Å². The summed E-state index contributed by atoms with van der Waals surface area (Å²) >= 11 is 0. The summed E-state index contributed by atoms with van der Waals surface area (Å²) in [6.07, 6.45) is 1.56. The van der Waals surface area contributed by atoms with E-state index in [1.54, 1.807) is 0 Å². The van der Waals surface area contributed by atoms with Crippen molar-refractivity contribution in [1.29, 1.82) is 0 Å². The third kappa shape index (κ3) is 2.09. The third-order valence-electron chi connectivity index (χ3n) is 3.96. The van der Waals surface area contributed by atoms with Gasteiger partial charge in [-0.15, -0.1) is 0 Å². The van der Waals surface area contributed by atoms with Gasteiger partial charge < -0.3 is 0 Å². The fourth-order valence-electron chi connectivity index (χ4n) is 2.76. The lowest BCUT2D eigenvalue weighted by molar-refractivity contribution is 1.07. The first-order valence-electron chi connectivity index (χ1n) is 7.21. The van der Waals surface area contributed by atoms with E-state index in [1.165, 1.54) is 10.8 Å². The van der Waals surface area contributed by atoms with Gasteiger partial charge in [0.05, 0.1) is 0 Å². The van der Waals surface area contributed by atoms with Crippen LogP contribution in [0.1, 0.15) is 25.0 Å². The van der Waals surface area contributed by atoms with Crippen LogP contribution in [-0.2, 0) is 12.8 Å². The van der Waals surface area contributed by atoms with E-state index in [4.69, 9.17) is 0 Å². The van der Waals surface area contributed by atoms with Gasteiger partial charge in [0.15, 0.2) is 5.43 Å². The van der Waals surface area contributed by atoms with Crippen LogP contribution in [-0.4, -0.2) is 0 Å². The second-order valence-electron chi connectivity index (χ2n) is 5.20. The smallest absolute Gasteiger partial charge is 0.185 e. The SMILES string of the molecule is CCc1cc2cc3ccccc3cc2cc(CC)c1=O. The van der Waals surface area contributed by atoms with Crippen LogP contribution in [0.4, 0.5) is 0 Å². The van der Waals surface area contributed by atoms with E-state index in [1.807, 2.05) is 26.0 Å². The summed E-state index contributed by atoms with van der Waals surface area (Å²) < 4.78 is 0. The van der Waals surface area contributed by atoms with Crippen molar-refractivity contribution in [3.8, 4) is 0 Å². The molecule has 0 aliphatic rings. The second-order valence-corrected chi connectivity index (χ2v) is 5.20. The fraction of sp³-hybridized carbons (Fsp3) is 0.211. The van der Waals surface area contributed by atoms with Gasteiger partial charge in [-0.2, -0.15) is 0 Å². The van der Waals surface area contributed by atoms with Crippen molar-refractivity contribution in [2.75, 3.05) is 0 Å². The van der Waals surface area contributed by atoms with Gasteiger partial charge in [-0.25, -0.2) is 0 Å². The Morgan fingerprint density at radius 2 is 1.15 bits per heavy atom. The van der Waals surface area contributed by atoms with Gasteiger partial charge in [0.2, 0.25) is 0 Å². The van der Waals surface area contributed by atoms with Gasteiger partial charge in [-0.3, -0.25) is 4.79 Å². The topological polar surface area (TPSA) is 17.1 Å². The summed E-state index contributed by atoms with van der Waals surface area (Å²) in [6, 6.07) is 16.8. The van der Waals surface area contributed by atoms with Crippen molar-refractivity contribution < 1.29 is 0 Å². The Hall–Kier alpha value is -2.15. The van der Waals surface area contributed by atoms with Gasteiger partial charge in [-0.05, 0) is 58.7 Å². The molecule has 0 aromatic heterocycles. The predicted octanol–water partition coefficient (Wildman–Crippen LogP) is 4.48. The summed E-state index contributed by atoms with van der Waals surface area (Å²) in [5.74, 6) is 0. The summed E-state index contributed by atoms with van der Waals surface area (Å²) in [5, 5.41) is 4.74. The molecule has 1 nitrogen and oxygen atoms in total. The minimum absolute atomic E-state index is 0.204. The first kappa shape index (κ1) is 12.9. The van der Waals surface area contributed by atoms with Crippen LogP contribution in [0, 0.1) is 0 Å². The van der Waals surface area contributed by atoms with Crippen molar-refractivity contribution in [1.82, 2.24) is 0 Å². The highest BCUT2D eigenvalue weighted by Gasteiger charge is 2.05. The van der Waals surface area contributed by atoms with E-state index in [0.29, 0.717) is 0 Å². The summed E-state index contributed by atoms with van der Waals surface area (Å²) in [6.45, 7) is 4.09. The zero-order chi connectivity index (χ0) is 14.1. The van der Waals surface area contributed by atoms with E-state index in [2.05, 4.69) is 36.4 Å². The number of hydrogen-bond acceptors (Lipinski definition) is 1. The molecule has 3 aromatic rings. The average Bonchev–Trinajstić information content (AvgIpc) is 2.61. The van der Waals surface area contributed by atoms with Crippen LogP contribution < -0.4 is 5.43 Å². The van der Waals surface area contributed by atoms with Crippen LogP contribution in [0.15, 0.2) is 53.3 Å². The van der Waals surface area contributed by atoms with E-state index in [-0.39, 0.29) is 5.43 Å². The average molecular weight is 262 g/mol. The Bertz CT molecular complexity index is 778. The first-order chi connectivity index (χ1) is 9.72. The number of fused-ring (bicyclic) bond motifs is 2. The molecule has 0 heterocycles. The molecule has 3 rings (SSSR count). The maximum absolute atomic E-state index is 12.4. The number of hydrogen-bond donors (Lipinski definition) is 0. The maximum Gasteiger partial charge on any atom is 0.185 e. The van der Waals surface area contributed by atoms with Crippen LogP contribution in [0.3, 0.4) is 0 Å². The predicted molar refractivity (Wildman–Crippen MR) is 86.5 cm³/mol. The van der Waals surface area contributed by atoms with Crippen molar-refractivity contribution in [3.05, 3.63) is 69.9 Å². The van der Waals surface area contributed by atoms with Crippen molar-refractivity contribution in [3.63, 3.8) is 0 Å². The molecular weight excluding hydrogens is 244 g/mol. The molecule has 0 unspecified atom stereocenters. The zero-order valence-electron chi connectivity index (χ0n) is 11.9. The Morgan fingerprint density at radius 3 is 1.55 bits per heavy atom. The van der Waals surface area contributed by atoms with Crippen LogP contribution in [0.5, 0.6) is 0 Å². The number of benzene rings is 2. The molecule has 0 amide bonds. The van der Waals surface area contributed by atoms with Crippen LogP contribution in [0.2, 0.25) is 0 Å². The molecule has 20 heavy (non-hydrogen) atoms. The maximum atomic E-state index is 12.4. The number of rotatable bonds is 2. The quantitative estimate of drug-likeness (QED) is 0.665. The molecular formula is C19H18O. The first-order valence-corrected chi connectivity index (χ1v) is 7.21. The molecule has 3 aromatic carbocycles. The molecule has 0 saturated heterocycles. The second kappa shape index (κ2) is 5.09. The Balaban J connectivity index is 2.49. The summed E-state index contributed by atoms with van der Waals surface area (Å²) in [7, 11) is 0. The van der Waals surface area contributed by atoms with E-state index >= 15 is 0 Å². The molecule has 0 radical (unpaired) electrons. The van der Waals surface area contributed by atoms with E-state index < -0.39 is 0 Å². The standard InChI is InChI=1S/C19H18O/c1-3-13-9-17-11-15-7-5-6-8-16(15)12-18(17)10-14(4-2)19(13)20/h5-12H,3-4H2,1-2H3. The van der Waals surface area contributed by atoms with Gasteiger partial charge in [-0.1, -0.05) is 38.1 Å². The summed E-state index contributed by atoms with van der Waals surface area (Å²) in [4.78, 5) is 12.4. The molecule has 0 aliphatic heterocycles. The molecule has 0 saturated carbocycles. The third-order valence-corrected chi connectivity index (χ3v) is 3.96. The minimum atomic E-state index is 0.204. The summed E-state index contributed by atoms with van der Waals surface area (Å²) in [5.41, 5.74) is 2.02. The minimum Gasteiger partial charge on any atom is -0.289 e. The lowest BCUT2D eigenvalue weighted by Crippen LogP contribution is -2.09. The molecule has 0 atom stereocenters. The van der Waals surface area contributed by atoms with Gasteiger partial charge in [0, 0.05) is 11.1 Å². The Kier molecular flexibility index (Phi) is 3.27. The lowest BCUT2D eigenvalue weighted by Gasteiger charge is -2.00. The van der Waals surface area contributed by atoms with Crippen LogP contribution in [0.25, 0.3) is 21.5 Å². The number of aryl methyl sites for hydroxylation is 2. The molecule has 0 spiro atoms. The Labute approximate surface area is 118 Å². The van der Waals surface area contributed by atoms with Crippen molar-refractivity contribution in [2.45, 2.75) is 26.7 Å². The highest BCUT2D eigenvalue weighted by atomic mass is 16.1. The molecule has 0 bridgehead atoms. The Morgan fingerprint density at radius 1 is 0.700 bits per heavy atom. The lowest BCUT2D eigenvalue weighted by atomic mass is 10.0. The molecule has 0 fully saturated rings. The van der Waals surface area contributed by atoms with Gasteiger partial charge in [0.25, 0.3) is 0 Å². The van der Waals surface area contributed by atoms with Gasteiger partial charge in [0.1, 0.15) is 0 Å². The normalized spacial score (nSPS) is 11.1. The van der Waals surface area contributed by atoms with Gasteiger partial charge >= 0.3 is 0 Å². The monoisotopic (exact) mass is 262 g/mol. The fourth-order valence-corrected chi connectivity index (χ4v) is 2.76. The molecule has 0 aliphatic carbocycles. The zero-order valence-corrected chi connectivity index (χ0v) is 11.9. The van der Waals surface area contributed by atoms with Crippen molar-refractivity contribution in [2.24, 2.45) is 0 Å². The molecule has 100 valence electrons. The largest absolute Gasteiger partial charge is 0.289 e. The molecule has 0 N–H and O–H groups in total. The molecule has 1 heteroatoms. The highest BCUT2D eigenvalue weighted by Crippen LogP contribution is 2.23.